The van der Waals surface area contributed by atoms with Gasteiger partial charge >= 0.3 is 0 Å². The van der Waals surface area contributed by atoms with Crippen molar-refractivity contribution >= 4 is 11.6 Å². The van der Waals surface area contributed by atoms with Crippen LogP contribution < -0.4 is 0 Å². The highest BCUT2D eigenvalue weighted by Crippen LogP contribution is 2.12. The summed E-state index contributed by atoms with van der Waals surface area (Å²) >= 11 is 5.93. The first-order valence-electron chi connectivity index (χ1n) is 5.87. The molecule has 86 valence electrons. The summed E-state index contributed by atoms with van der Waals surface area (Å²) < 4.78 is 2.11. The van der Waals surface area contributed by atoms with Gasteiger partial charge in [0.1, 0.15) is 0 Å². The number of aromatic nitrogens is 2. The van der Waals surface area contributed by atoms with Crippen molar-refractivity contribution in [2.24, 2.45) is 0 Å². The third-order valence-electron chi connectivity index (χ3n) is 2.61. The molecule has 0 bridgehead atoms. The summed E-state index contributed by atoms with van der Waals surface area (Å²) in [6, 6.07) is 2.22. The molecule has 0 radical (unpaired) electrons. The van der Waals surface area contributed by atoms with Gasteiger partial charge in [-0.05, 0) is 45.6 Å². The molecule has 0 aromatic carbocycles. The van der Waals surface area contributed by atoms with Gasteiger partial charge in [-0.3, -0.25) is 4.68 Å². The fourth-order valence-electron chi connectivity index (χ4n) is 1.73. The normalized spacial score (nSPS) is 13.1. The second-order valence-electron chi connectivity index (χ2n) is 3.97. The molecule has 1 atom stereocenters. The number of rotatable bonds is 6. The fraction of sp³-hybridized carbons (Fsp3) is 0.750. The number of hydrogen-bond acceptors (Lipinski definition) is 1. The summed E-state index contributed by atoms with van der Waals surface area (Å²) in [5, 5.41) is 4.81. The quantitative estimate of drug-likeness (QED) is 0.683. The third-order valence-corrected chi connectivity index (χ3v) is 2.83. The van der Waals surface area contributed by atoms with E-state index in [9.17, 15) is 0 Å². The van der Waals surface area contributed by atoms with Crippen LogP contribution in [0.4, 0.5) is 0 Å². The molecule has 1 aromatic heterocycles. The van der Waals surface area contributed by atoms with Gasteiger partial charge in [-0.1, -0.05) is 6.92 Å². The Hall–Kier alpha value is -0.500. The van der Waals surface area contributed by atoms with Crippen LogP contribution >= 0.6 is 11.6 Å². The van der Waals surface area contributed by atoms with Crippen molar-refractivity contribution in [2.75, 3.05) is 0 Å². The van der Waals surface area contributed by atoms with Gasteiger partial charge in [-0.25, -0.2) is 0 Å². The first-order chi connectivity index (χ1) is 7.17. The van der Waals surface area contributed by atoms with E-state index < -0.39 is 0 Å². The summed E-state index contributed by atoms with van der Waals surface area (Å²) in [5.41, 5.74) is 2.55. The van der Waals surface area contributed by atoms with E-state index in [1.165, 1.54) is 11.4 Å². The molecule has 1 rings (SSSR count). The topological polar surface area (TPSA) is 17.8 Å². The molecule has 1 heterocycles. The van der Waals surface area contributed by atoms with Crippen LogP contribution in [-0.2, 0) is 19.4 Å². The monoisotopic (exact) mass is 228 g/mol. The highest BCUT2D eigenvalue weighted by Gasteiger charge is 2.05. The van der Waals surface area contributed by atoms with E-state index in [4.69, 9.17) is 11.6 Å². The third kappa shape index (κ3) is 3.86. The van der Waals surface area contributed by atoms with Crippen molar-refractivity contribution < 1.29 is 0 Å². The fourth-order valence-corrected chi connectivity index (χ4v) is 1.88. The summed E-state index contributed by atoms with van der Waals surface area (Å²) in [4.78, 5) is 0. The van der Waals surface area contributed by atoms with E-state index in [-0.39, 0.29) is 5.38 Å². The lowest BCUT2D eigenvalue weighted by atomic mass is 10.1. The van der Waals surface area contributed by atoms with Crippen LogP contribution in [0, 0.1) is 0 Å². The summed E-state index contributed by atoms with van der Waals surface area (Å²) in [6.45, 7) is 7.30. The highest BCUT2D eigenvalue weighted by atomic mass is 35.5. The van der Waals surface area contributed by atoms with Crippen LogP contribution in [0.5, 0.6) is 0 Å². The maximum absolute atomic E-state index is 5.93. The summed E-state index contributed by atoms with van der Waals surface area (Å²) in [7, 11) is 0. The lowest BCUT2D eigenvalue weighted by molar-refractivity contribution is 0.595. The van der Waals surface area contributed by atoms with Gasteiger partial charge < -0.3 is 0 Å². The lowest BCUT2D eigenvalue weighted by Gasteiger charge is -2.05. The predicted octanol–water partition coefficient (Wildman–Crippen LogP) is 3.42. The lowest BCUT2D eigenvalue weighted by Crippen LogP contribution is -2.03. The van der Waals surface area contributed by atoms with E-state index in [2.05, 4.69) is 36.6 Å². The van der Waals surface area contributed by atoms with Gasteiger partial charge in [0.2, 0.25) is 0 Å². The molecular weight excluding hydrogens is 208 g/mol. The Balaban J connectivity index is 2.54. The molecule has 0 fully saturated rings. The van der Waals surface area contributed by atoms with Crippen LogP contribution in [0.1, 0.15) is 45.0 Å². The molecule has 0 aliphatic carbocycles. The Morgan fingerprint density at radius 1 is 1.47 bits per heavy atom. The zero-order chi connectivity index (χ0) is 11.3. The number of aryl methyl sites for hydroxylation is 3. The Morgan fingerprint density at radius 2 is 2.20 bits per heavy atom. The van der Waals surface area contributed by atoms with Gasteiger partial charge in [0, 0.05) is 17.6 Å². The molecule has 0 saturated heterocycles. The van der Waals surface area contributed by atoms with E-state index in [1.54, 1.807) is 0 Å². The molecule has 0 saturated carbocycles. The first kappa shape index (κ1) is 12.6. The van der Waals surface area contributed by atoms with E-state index >= 15 is 0 Å². The van der Waals surface area contributed by atoms with Crippen LogP contribution in [0.25, 0.3) is 0 Å². The predicted molar refractivity (Wildman–Crippen MR) is 65.5 cm³/mol. The Kier molecular flexibility index (Phi) is 5.16. The molecule has 1 unspecified atom stereocenters. The smallest absolute Gasteiger partial charge is 0.0624 e. The second-order valence-corrected chi connectivity index (χ2v) is 4.71. The molecule has 0 amide bonds. The second kappa shape index (κ2) is 6.16. The average molecular weight is 229 g/mol. The first-order valence-corrected chi connectivity index (χ1v) is 6.30. The van der Waals surface area contributed by atoms with Gasteiger partial charge in [0.25, 0.3) is 0 Å². The zero-order valence-corrected chi connectivity index (χ0v) is 10.7. The minimum atomic E-state index is 0.286. The van der Waals surface area contributed by atoms with Crippen LogP contribution in [0.15, 0.2) is 6.07 Å². The molecular formula is C12H21ClN2. The number of hydrogen-bond donors (Lipinski definition) is 0. The largest absolute Gasteiger partial charge is 0.270 e. The van der Waals surface area contributed by atoms with Crippen LogP contribution in [0.3, 0.4) is 0 Å². The van der Waals surface area contributed by atoms with E-state index in [0.29, 0.717) is 0 Å². The SMILES string of the molecule is CCc1cc(CCCC(C)Cl)n(CC)n1. The molecule has 0 aliphatic heterocycles. The maximum atomic E-state index is 5.93. The Bertz CT molecular complexity index is 292. The molecule has 0 spiro atoms. The minimum absolute atomic E-state index is 0.286. The zero-order valence-electron chi connectivity index (χ0n) is 9.96. The molecule has 1 aromatic rings. The van der Waals surface area contributed by atoms with Crippen molar-refractivity contribution in [1.29, 1.82) is 0 Å². The van der Waals surface area contributed by atoms with Gasteiger partial charge in [0.05, 0.1) is 5.69 Å². The molecule has 0 aliphatic rings. The number of nitrogens with zero attached hydrogens (tertiary/aromatic N) is 2. The van der Waals surface area contributed by atoms with Gasteiger partial charge in [-0.2, -0.15) is 5.10 Å². The van der Waals surface area contributed by atoms with E-state index in [1.807, 2.05) is 0 Å². The van der Waals surface area contributed by atoms with Crippen LogP contribution in [0.2, 0.25) is 0 Å². The number of alkyl halides is 1. The van der Waals surface area contributed by atoms with E-state index in [0.717, 1.165) is 32.2 Å². The van der Waals surface area contributed by atoms with Crippen molar-refractivity contribution in [3.05, 3.63) is 17.5 Å². The van der Waals surface area contributed by atoms with Crippen molar-refractivity contribution in [1.82, 2.24) is 9.78 Å². The van der Waals surface area contributed by atoms with Crippen molar-refractivity contribution in [3.63, 3.8) is 0 Å². The molecule has 2 nitrogen and oxygen atoms in total. The standard InChI is InChI=1S/C12H21ClN2/c1-4-11-9-12(15(5-2)14-11)8-6-7-10(3)13/h9-10H,4-8H2,1-3H3. The van der Waals surface area contributed by atoms with Gasteiger partial charge in [0.15, 0.2) is 0 Å². The van der Waals surface area contributed by atoms with Crippen molar-refractivity contribution in [3.8, 4) is 0 Å². The average Bonchev–Trinajstić information content (AvgIpc) is 2.60. The maximum Gasteiger partial charge on any atom is 0.0624 e. The van der Waals surface area contributed by atoms with Gasteiger partial charge in [-0.15, -0.1) is 11.6 Å². The molecule has 0 N–H and O–H groups in total. The molecule has 15 heavy (non-hydrogen) atoms. The molecule has 3 heteroatoms. The Morgan fingerprint density at radius 3 is 2.73 bits per heavy atom. The van der Waals surface area contributed by atoms with Crippen LogP contribution in [-0.4, -0.2) is 15.2 Å². The highest BCUT2D eigenvalue weighted by molar-refractivity contribution is 6.20. The Labute approximate surface area is 97.6 Å². The van der Waals surface area contributed by atoms with Crippen molar-refractivity contribution in [2.45, 2.75) is 58.4 Å². The minimum Gasteiger partial charge on any atom is -0.270 e. The summed E-state index contributed by atoms with van der Waals surface area (Å²) in [6.07, 6.45) is 4.35. The number of halogens is 1. The summed E-state index contributed by atoms with van der Waals surface area (Å²) in [5.74, 6) is 0.